The summed E-state index contributed by atoms with van der Waals surface area (Å²) in [7, 11) is -3.13. The third-order valence-electron chi connectivity index (χ3n) is 7.20. The van der Waals surface area contributed by atoms with Gasteiger partial charge in [-0.2, -0.15) is 10.5 Å². The number of rotatable bonds is 4. The van der Waals surface area contributed by atoms with E-state index < -0.39 is 7.14 Å². The third-order valence-corrected chi connectivity index (χ3v) is 10.4. The molecule has 1 aliphatic heterocycles. The van der Waals surface area contributed by atoms with Gasteiger partial charge in [-0.15, -0.1) is 0 Å². The molecule has 1 aromatic heterocycles. The molecule has 5 heteroatoms. The monoisotopic (exact) mass is 507 g/mol. The number of benzene rings is 4. The summed E-state index contributed by atoms with van der Waals surface area (Å²) in [5, 5.41) is 23.6. The highest BCUT2D eigenvalue weighted by atomic mass is 31.2. The molecule has 0 N–H and O–H groups in total. The van der Waals surface area contributed by atoms with E-state index in [1.54, 1.807) is 24.3 Å². The second-order valence-electron chi connectivity index (χ2n) is 9.28. The zero-order chi connectivity index (χ0) is 26.4. The number of nitrogens with zero attached hydrogens (tertiary/aromatic N) is 3. The highest BCUT2D eigenvalue weighted by molar-refractivity contribution is 7.83. The van der Waals surface area contributed by atoms with Crippen molar-refractivity contribution in [3.8, 4) is 17.8 Å². The van der Waals surface area contributed by atoms with Crippen LogP contribution in [0.5, 0.6) is 0 Å². The van der Waals surface area contributed by atoms with Crippen molar-refractivity contribution in [2.24, 2.45) is 0 Å². The van der Waals surface area contributed by atoms with E-state index in [2.05, 4.69) is 41.5 Å². The van der Waals surface area contributed by atoms with E-state index in [4.69, 9.17) is 0 Å². The van der Waals surface area contributed by atoms with Crippen LogP contribution in [0.1, 0.15) is 23.6 Å². The molecule has 0 fully saturated rings. The Morgan fingerprint density at radius 2 is 1.53 bits per heavy atom. The minimum Gasteiger partial charge on any atom is -0.309 e. The maximum absolute atomic E-state index is 15.1. The van der Waals surface area contributed by atoms with Crippen LogP contribution >= 0.6 is 7.14 Å². The first-order valence-corrected chi connectivity index (χ1v) is 13.9. The minimum atomic E-state index is -3.13. The number of hydrogen-bond donors (Lipinski definition) is 0. The number of para-hydroxylation sites is 1. The van der Waals surface area contributed by atoms with Gasteiger partial charge in [0.1, 0.15) is 0 Å². The molecule has 1 aliphatic rings. The molecular formula is C33H22N3OP. The fourth-order valence-electron chi connectivity index (χ4n) is 5.52. The Balaban J connectivity index is 1.75. The molecular weight excluding hydrogens is 485 g/mol. The van der Waals surface area contributed by atoms with Crippen molar-refractivity contribution in [3.63, 3.8) is 0 Å². The Kier molecular flexibility index (Phi) is 5.50. The van der Waals surface area contributed by atoms with Crippen LogP contribution < -0.4 is 10.6 Å². The van der Waals surface area contributed by atoms with Gasteiger partial charge in [-0.05, 0) is 54.5 Å². The summed E-state index contributed by atoms with van der Waals surface area (Å²) in [6.45, 7) is 5.83. The average Bonchev–Trinajstić information content (AvgIpc) is 3.40. The Hall–Kier alpha value is -4.89. The second-order valence-corrected chi connectivity index (χ2v) is 12.0. The molecule has 0 spiro atoms. The molecule has 0 aliphatic carbocycles. The third kappa shape index (κ3) is 3.32. The minimum absolute atomic E-state index is 0.424. The normalized spacial score (nSPS) is 16.6. The summed E-state index contributed by atoms with van der Waals surface area (Å²) < 4.78 is 17.2. The summed E-state index contributed by atoms with van der Waals surface area (Å²) >= 11 is 0. The summed E-state index contributed by atoms with van der Waals surface area (Å²) in [5.41, 5.74) is 5.37. The Labute approximate surface area is 221 Å². The van der Waals surface area contributed by atoms with Gasteiger partial charge >= 0.3 is 0 Å². The lowest BCUT2D eigenvalue weighted by Gasteiger charge is -2.17. The summed E-state index contributed by atoms with van der Waals surface area (Å²) in [4.78, 5) is 0. The van der Waals surface area contributed by atoms with Crippen molar-refractivity contribution >= 4 is 45.1 Å². The largest absolute Gasteiger partial charge is 0.309 e. The van der Waals surface area contributed by atoms with E-state index in [0.29, 0.717) is 11.1 Å². The van der Waals surface area contributed by atoms with Crippen molar-refractivity contribution in [2.45, 2.75) is 6.92 Å². The molecule has 0 amide bonds. The van der Waals surface area contributed by atoms with Gasteiger partial charge in [0.05, 0.1) is 34.3 Å². The van der Waals surface area contributed by atoms with Crippen LogP contribution in [-0.2, 0) is 4.57 Å². The lowest BCUT2D eigenvalue weighted by atomic mass is 10.0. The maximum Gasteiger partial charge on any atom is 0.171 e. The molecule has 180 valence electrons. The van der Waals surface area contributed by atoms with Gasteiger partial charge in [0.25, 0.3) is 0 Å². The van der Waals surface area contributed by atoms with Gasteiger partial charge < -0.3 is 9.13 Å². The summed E-state index contributed by atoms with van der Waals surface area (Å²) in [6, 6.07) is 31.5. The van der Waals surface area contributed by atoms with Gasteiger partial charge in [-0.3, -0.25) is 0 Å². The predicted octanol–water partition coefficient (Wildman–Crippen LogP) is 7.33. The van der Waals surface area contributed by atoms with E-state index in [0.717, 1.165) is 54.6 Å². The molecule has 4 aromatic carbocycles. The van der Waals surface area contributed by atoms with Gasteiger partial charge in [-0.1, -0.05) is 73.3 Å². The van der Waals surface area contributed by atoms with E-state index in [-0.39, 0.29) is 0 Å². The van der Waals surface area contributed by atoms with Crippen LogP contribution in [0, 0.1) is 22.7 Å². The lowest BCUT2D eigenvalue weighted by molar-refractivity contribution is 0.591. The maximum atomic E-state index is 15.1. The highest BCUT2D eigenvalue weighted by Gasteiger charge is 2.40. The molecule has 0 radical (unpaired) electrons. The Morgan fingerprint density at radius 1 is 0.842 bits per heavy atom. The van der Waals surface area contributed by atoms with Crippen LogP contribution in [0.4, 0.5) is 0 Å². The number of aromatic nitrogens is 1. The molecule has 4 nitrogen and oxygen atoms in total. The quantitative estimate of drug-likeness (QED) is 0.189. The molecule has 0 saturated heterocycles. The number of nitriles is 2. The first kappa shape index (κ1) is 23.5. The van der Waals surface area contributed by atoms with Gasteiger partial charge in [-0.25, -0.2) is 0 Å². The molecule has 1 unspecified atom stereocenters. The highest BCUT2D eigenvalue weighted by Crippen LogP contribution is 2.61. The van der Waals surface area contributed by atoms with Crippen molar-refractivity contribution in [1.29, 1.82) is 10.5 Å². The van der Waals surface area contributed by atoms with E-state index in [1.807, 2.05) is 67.6 Å². The fraction of sp³-hybridized carbons (Fsp3) is 0.0303. The van der Waals surface area contributed by atoms with E-state index in [9.17, 15) is 10.5 Å². The molecule has 2 heterocycles. The van der Waals surface area contributed by atoms with Gasteiger partial charge in [0.2, 0.25) is 0 Å². The number of hydrogen-bond acceptors (Lipinski definition) is 3. The predicted molar refractivity (Wildman–Crippen MR) is 155 cm³/mol. The Bertz CT molecular complexity index is 1960. The lowest BCUT2D eigenvalue weighted by Crippen LogP contribution is -2.15. The molecule has 6 rings (SSSR count). The van der Waals surface area contributed by atoms with Crippen LogP contribution in [0.3, 0.4) is 0 Å². The smallest absolute Gasteiger partial charge is 0.171 e. The van der Waals surface area contributed by atoms with Crippen LogP contribution in [-0.4, -0.2) is 4.57 Å². The van der Waals surface area contributed by atoms with Crippen molar-refractivity contribution < 1.29 is 4.57 Å². The average molecular weight is 508 g/mol. The Morgan fingerprint density at radius 3 is 2.21 bits per heavy atom. The zero-order valence-corrected chi connectivity index (χ0v) is 21.6. The SMILES string of the molecule is C=C/C=C\C1=C(C)c2cc3c(cc2P1(=O)c1ccccc1)c1ccccc1n3-c1cc(C#N)cc(C#N)c1. The van der Waals surface area contributed by atoms with Gasteiger partial charge in [0.15, 0.2) is 7.14 Å². The molecule has 0 bridgehead atoms. The van der Waals surface area contributed by atoms with Crippen molar-refractivity contribution in [1.82, 2.24) is 4.57 Å². The van der Waals surface area contributed by atoms with Crippen molar-refractivity contribution in [3.05, 3.63) is 132 Å². The fourth-order valence-corrected chi connectivity index (χ4v) is 8.70. The van der Waals surface area contributed by atoms with Crippen LogP contribution in [0.25, 0.3) is 33.1 Å². The van der Waals surface area contributed by atoms with Crippen LogP contribution in [0.2, 0.25) is 0 Å². The topological polar surface area (TPSA) is 69.6 Å². The molecule has 38 heavy (non-hydrogen) atoms. The molecule has 0 saturated carbocycles. The first-order valence-electron chi connectivity index (χ1n) is 12.2. The number of allylic oxidation sites excluding steroid dienone is 5. The second kappa shape index (κ2) is 8.89. The molecule has 5 aromatic rings. The van der Waals surface area contributed by atoms with E-state index >= 15 is 4.57 Å². The first-order chi connectivity index (χ1) is 18.5. The van der Waals surface area contributed by atoms with Gasteiger partial charge in [0, 0.05) is 32.4 Å². The van der Waals surface area contributed by atoms with Crippen molar-refractivity contribution in [2.75, 3.05) is 0 Å². The number of fused-ring (bicyclic) bond motifs is 4. The van der Waals surface area contributed by atoms with E-state index in [1.165, 1.54) is 0 Å². The summed E-state index contributed by atoms with van der Waals surface area (Å²) in [5.74, 6) is 0. The summed E-state index contributed by atoms with van der Waals surface area (Å²) in [6.07, 6.45) is 5.46. The zero-order valence-electron chi connectivity index (χ0n) is 20.7. The molecule has 1 atom stereocenters. The standard InChI is InChI=1S/C33H22N3OP/c1-3-4-14-32-22(2)28-18-31-29(19-33(28)38(32,37)26-10-6-5-7-11-26)27-12-8-9-13-30(27)36(31)25-16-23(20-34)15-24(17-25)21-35/h3-19H,1H2,2H3/b14-4-. The van der Waals surface area contributed by atoms with Crippen LogP contribution in [0.15, 0.2) is 115 Å².